The van der Waals surface area contributed by atoms with Crippen LogP contribution in [0.4, 0.5) is 0 Å². The predicted molar refractivity (Wildman–Crippen MR) is 193 cm³/mol. The fraction of sp³-hybridized carbons (Fsp3) is 0. The van der Waals surface area contributed by atoms with Crippen LogP contribution in [0.15, 0.2) is 133 Å². The first-order valence-electron chi connectivity index (χ1n) is 15.4. The minimum Gasteiger partial charge on any atom is -0.308 e. The van der Waals surface area contributed by atoms with Crippen LogP contribution in [0.5, 0.6) is 0 Å². The summed E-state index contributed by atoms with van der Waals surface area (Å²) in [6.45, 7) is 0. The van der Waals surface area contributed by atoms with E-state index < -0.39 is 0 Å². The van der Waals surface area contributed by atoms with Crippen molar-refractivity contribution in [1.82, 2.24) is 19.5 Å². The average Bonchev–Trinajstić information content (AvgIpc) is 3.71. The monoisotopic (exact) mass is 630 g/mol. The van der Waals surface area contributed by atoms with Crippen molar-refractivity contribution in [3.05, 3.63) is 145 Å². The Balaban J connectivity index is 1.27. The zero-order valence-corrected chi connectivity index (χ0v) is 26.1. The molecule has 0 N–H and O–H groups in total. The number of fused-ring (bicyclic) bond motifs is 7. The quantitative estimate of drug-likeness (QED) is 0.193. The molecule has 7 heteroatoms. The van der Waals surface area contributed by atoms with E-state index in [2.05, 4.69) is 89.5 Å². The summed E-state index contributed by atoms with van der Waals surface area (Å²) in [5.41, 5.74) is 6.83. The summed E-state index contributed by atoms with van der Waals surface area (Å²) in [4.78, 5) is 14.7. The maximum atomic E-state index is 9.34. The van der Waals surface area contributed by atoms with Crippen molar-refractivity contribution in [2.24, 2.45) is 0 Å². The summed E-state index contributed by atoms with van der Waals surface area (Å²) in [6, 6.07) is 48.8. The van der Waals surface area contributed by atoms with Gasteiger partial charge in [-0.1, -0.05) is 60.7 Å². The molecule has 222 valence electrons. The molecule has 6 nitrogen and oxygen atoms in total. The highest BCUT2D eigenvalue weighted by Gasteiger charge is 2.19. The van der Waals surface area contributed by atoms with Gasteiger partial charge in [0.05, 0.1) is 39.0 Å². The molecule has 6 aromatic carbocycles. The lowest BCUT2D eigenvalue weighted by Gasteiger charge is -2.12. The molecule has 48 heavy (non-hydrogen) atoms. The van der Waals surface area contributed by atoms with Crippen molar-refractivity contribution in [2.45, 2.75) is 0 Å². The Morgan fingerprint density at radius 1 is 0.500 bits per heavy atom. The van der Waals surface area contributed by atoms with Crippen molar-refractivity contribution >= 4 is 53.3 Å². The van der Waals surface area contributed by atoms with Gasteiger partial charge in [-0.3, -0.25) is 0 Å². The third-order valence-electron chi connectivity index (χ3n) is 8.72. The Kier molecular flexibility index (Phi) is 6.33. The van der Waals surface area contributed by atoms with Gasteiger partial charge >= 0.3 is 0 Å². The summed E-state index contributed by atoms with van der Waals surface area (Å²) in [7, 11) is 0. The molecular formula is C41H22N6S. The molecule has 0 unspecified atom stereocenters. The first kappa shape index (κ1) is 27.6. The first-order chi connectivity index (χ1) is 23.7. The number of hydrogen-bond acceptors (Lipinski definition) is 6. The summed E-state index contributed by atoms with van der Waals surface area (Å²) < 4.78 is 4.87. The van der Waals surface area contributed by atoms with Crippen molar-refractivity contribution in [2.75, 3.05) is 0 Å². The lowest BCUT2D eigenvalue weighted by Crippen LogP contribution is -2.01. The summed E-state index contributed by atoms with van der Waals surface area (Å²) >= 11 is 1.83. The zero-order chi connectivity index (χ0) is 32.2. The second-order valence-corrected chi connectivity index (χ2v) is 12.6. The number of para-hydroxylation sites is 1. The SMILES string of the molecule is N#Cc1ccc(-c2nc(-c3ccc(C#N)cc3)nc(-c3cccc(-n4c5ccccc5c5ccc6c7ccccc7sc6c54)c3)n2)cc1. The fourth-order valence-electron chi connectivity index (χ4n) is 6.43. The lowest BCUT2D eigenvalue weighted by atomic mass is 10.1. The second-order valence-electron chi connectivity index (χ2n) is 11.5. The topological polar surface area (TPSA) is 91.2 Å². The van der Waals surface area contributed by atoms with Gasteiger partial charge in [-0.25, -0.2) is 15.0 Å². The van der Waals surface area contributed by atoms with Gasteiger partial charge in [-0.05, 0) is 72.8 Å². The number of rotatable bonds is 4. The van der Waals surface area contributed by atoms with Crippen LogP contribution in [0.3, 0.4) is 0 Å². The van der Waals surface area contributed by atoms with E-state index in [1.54, 1.807) is 24.3 Å². The van der Waals surface area contributed by atoms with E-state index in [1.807, 2.05) is 47.7 Å². The number of aromatic nitrogens is 4. The highest BCUT2D eigenvalue weighted by Crippen LogP contribution is 2.43. The second kappa shape index (κ2) is 11.0. The molecular weight excluding hydrogens is 609 g/mol. The standard InChI is InChI=1S/C41H22N6S/c42-23-25-12-16-27(17-13-25)39-44-40(28-18-14-26(24-43)15-19-28)46-41(45-39)29-6-5-7-30(22-29)47-35-10-3-1-8-31(35)33-20-21-34-32-9-2-4-11-36(32)48-38(34)37(33)47/h1-22H. The molecule has 0 aliphatic rings. The Labute approximate surface area is 279 Å². The van der Waals surface area contributed by atoms with E-state index in [1.165, 1.54) is 36.5 Å². The molecule has 0 amide bonds. The van der Waals surface area contributed by atoms with Crippen LogP contribution < -0.4 is 0 Å². The van der Waals surface area contributed by atoms with Gasteiger partial charge in [-0.2, -0.15) is 10.5 Å². The summed E-state index contributed by atoms with van der Waals surface area (Å²) in [5.74, 6) is 1.52. The minimum absolute atomic E-state index is 0.498. The Bertz CT molecular complexity index is 2720. The molecule has 3 aromatic heterocycles. The fourth-order valence-corrected chi connectivity index (χ4v) is 7.67. The molecule has 0 aliphatic carbocycles. The predicted octanol–water partition coefficient (Wildman–Crippen LogP) is 10.1. The minimum atomic E-state index is 0.498. The summed E-state index contributed by atoms with van der Waals surface area (Å²) in [6.07, 6.45) is 0. The molecule has 0 atom stereocenters. The van der Waals surface area contributed by atoms with Crippen LogP contribution in [0, 0.1) is 22.7 Å². The van der Waals surface area contributed by atoms with Crippen molar-refractivity contribution in [3.8, 4) is 52.0 Å². The van der Waals surface area contributed by atoms with Gasteiger partial charge < -0.3 is 4.57 Å². The van der Waals surface area contributed by atoms with Crippen LogP contribution in [-0.2, 0) is 0 Å². The molecule has 0 saturated carbocycles. The molecule has 0 spiro atoms. The van der Waals surface area contributed by atoms with Crippen LogP contribution in [0.1, 0.15) is 11.1 Å². The molecule has 0 fully saturated rings. The number of nitrogens with zero attached hydrogens (tertiary/aromatic N) is 6. The van der Waals surface area contributed by atoms with E-state index in [-0.39, 0.29) is 0 Å². The van der Waals surface area contributed by atoms with E-state index >= 15 is 0 Å². The highest BCUT2D eigenvalue weighted by atomic mass is 32.1. The normalized spacial score (nSPS) is 11.3. The van der Waals surface area contributed by atoms with E-state index in [9.17, 15) is 10.5 Å². The maximum Gasteiger partial charge on any atom is 0.164 e. The third-order valence-corrected chi connectivity index (χ3v) is 9.92. The van der Waals surface area contributed by atoms with Crippen LogP contribution in [0.25, 0.3) is 81.8 Å². The van der Waals surface area contributed by atoms with Crippen LogP contribution in [0.2, 0.25) is 0 Å². The Morgan fingerprint density at radius 2 is 1.08 bits per heavy atom. The molecule has 3 heterocycles. The van der Waals surface area contributed by atoms with Crippen molar-refractivity contribution < 1.29 is 0 Å². The van der Waals surface area contributed by atoms with Gasteiger partial charge in [-0.15, -0.1) is 11.3 Å². The molecule has 0 saturated heterocycles. The largest absolute Gasteiger partial charge is 0.308 e. The van der Waals surface area contributed by atoms with Crippen LogP contribution >= 0.6 is 11.3 Å². The van der Waals surface area contributed by atoms with Crippen LogP contribution in [-0.4, -0.2) is 19.5 Å². The zero-order valence-electron chi connectivity index (χ0n) is 25.3. The molecule has 0 aliphatic heterocycles. The van der Waals surface area contributed by atoms with Crippen molar-refractivity contribution in [3.63, 3.8) is 0 Å². The van der Waals surface area contributed by atoms with E-state index in [0.29, 0.717) is 28.6 Å². The Hall–Kier alpha value is -6.67. The van der Waals surface area contributed by atoms with Gasteiger partial charge in [0.25, 0.3) is 0 Å². The maximum absolute atomic E-state index is 9.34. The molecule has 0 bridgehead atoms. The molecule has 9 rings (SSSR count). The number of thiophene rings is 1. The van der Waals surface area contributed by atoms with Gasteiger partial charge in [0.2, 0.25) is 0 Å². The Morgan fingerprint density at radius 3 is 1.75 bits per heavy atom. The van der Waals surface area contributed by atoms with Gasteiger partial charge in [0.1, 0.15) is 0 Å². The third kappa shape index (κ3) is 4.42. The van der Waals surface area contributed by atoms with Gasteiger partial charge in [0, 0.05) is 48.6 Å². The van der Waals surface area contributed by atoms with E-state index in [0.717, 1.165) is 27.9 Å². The number of hydrogen-bond donors (Lipinski definition) is 0. The highest BCUT2D eigenvalue weighted by molar-refractivity contribution is 7.26. The number of benzene rings is 6. The van der Waals surface area contributed by atoms with Crippen molar-refractivity contribution in [1.29, 1.82) is 10.5 Å². The molecule has 9 aromatic rings. The summed E-state index contributed by atoms with van der Waals surface area (Å²) in [5, 5.41) is 23.6. The first-order valence-corrected chi connectivity index (χ1v) is 16.2. The number of nitriles is 2. The lowest BCUT2D eigenvalue weighted by molar-refractivity contribution is 1.07. The smallest absolute Gasteiger partial charge is 0.164 e. The van der Waals surface area contributed by atoms with E-state index in [4.69, 9.17) is 15.0 Å². The average molecular weight is 631 g/mol. The molecule has 0 radical (unpaired) electrons. The van der Waals surface area contributed by atoms with Gasteiger partial charge in [0.15, 0.2) is 17.5 Å².